The highest BCUT2D eigenvalue weighted by atomic mass is 79.9. The van der Waals surface area contributed by atoms with Gasteiger partial charge >= 0.3 is 0 Å². The first-order valence-corrected chi connectivity index (χ1v) is 8.08. The largest absolute Gasteiger partial charge is 0.483 e. The number of nitrogens with zero attached hydrogens (tertiary/aromatic N) is 2. The molecule has 116 valence electrons. The van der Waals surface area contributed by atoms with Crippen LogP contribution >= 0.6 is 27.7 Å². The predicted molar refractivity (Wildman–Crippen MR) is 91.1 cm³/mol. The highest BCUT2D eigenvalue weighted by Crippen LogP contribution is 2.23. The van der Waals surface area contributed by atoms with Gasteiger partial charge in [-0.15, -0.1) is 0 Å². The van der Waals surface area contributed by atoms with Gasteiger partial charge in [-0.25, -0.2) is 0 Å². The van der Waals surface area contributed by atoms with E-state index in [2.05, 4.69) is 30.0 Å². The summed E-state index contributed by atoms with van der Waals surface area (Å²) in [6, 6.07) is 10.4. The molecule has 0 aliphatic rings. The Morgan fingerprint density at radius 3 is 3.00 bits per heavy atom. The van der Waals surface area contributed by atoms with Gasteiger partial charge in [0, 0.05) is 4.47 Å². The number of halogens is 1. The number of aromatic nitrogens is 2. The van der Waals surface area contributed by atoms with Crippen molar-refractivity contribution in [3.05, 3.63) is 46.4 Å². The second-order valence-corrected chi connectivity index (χ2v) is 6.02. The Labute approximate surface area is 143 Å². The zero-order valence-corrected chi connectivity index (χ0v) is 14.1. The quantitative estimate of drug-likeness (QED) is 0.674. The molecule has 0 aliphatic carbocycles. The van der Waals surface area contributed by atoms with Crippen LogP contribution in [0.5, 0.6) is 5.75 Å². The van der Waals surface area contributed by atoms with E-state index < -0.39 is 0 Å². The number of aldehydes is 1. The first kappa shape index (κ1) is 15.6. The summed E-state index contributed by atoms with van der Waals surface area (Å²) >= 11 is 4.36. The van der Waals surface area contributed by atoms with Gasteiger partial charge < -0.3 is 10.1 Å². The highest BCUT2D eigenvalue weighted by Gasteiger charge is 2.10. The molecule has 1 amide bonds. The molecule has 3 rings (SSSR count). The lowest BCUT2D eigenvalue weighted by Gasteiger charge is -2.09. The maximum absolute atomic E-state index is 12.0. The molecule has 6 nitrogen and oxygen atoms in total. The summed E-state index contributed by atoms with van der Waals surface area (Å²) < 4.78 is 14.4. The van der Waals surface area contributed by atoms with Gasteiger partial charge in [0.25, 0.3) is 5.91 Å². The molecule has 0 bridgehead atoms. The second-order valence-electron chi connectivity index (χ2n) is 4.57. The SMILES string of the molecule is O=Cc1cc(Br)ccc1OCC(=O)Nc1cccc2nsnc12. The van der Waals surface area contributed by atoms with Gasteiger partial charge in [-0.2, -0.15) is 8.75 Å². The minimum atomic E-state index is -0.342. The third kappa shape index (κ3) is 3.54. The average Bonchev–Trinajstić information content (AvgIpc) is 3.03. The summed E-state index contributed by atoms with van der Waals surface area (Å²) in [5, 5.41) is 2.73. The number of nitrogens with one attached hydrogen (secondary N) is 1. The fraction of sp³-hybridized carbons (Fsp3) is 0.0667. The lowest BCUT2D eigenvalue weighted by Crippen LogP contribution is -2.20. The van der Waals surface area contributed by atoms with Crippen LogP contribution in [0.2, 0.25) is 0 Å². The number of anilines is 1. The number of amides is 1. The maximum Gasteiger partial charge on any atom is 0.262 e. The van der Waals surface area contributed by atoms with Crippen molar-refractivity contribution in [3.8, 4) is 5.75 Å². The van der Waals surface area contributed by atoms with Crippen LogP contribution in [-0.2, 0) is 4.79 Å². The molecule has 2 aromatic carbocycles. The maximum atomic E-state index is 12.0. The van der Waals surface area contributed by atoms with Crippen molar-refractivity contribution in [1.82, 2.24) is 8.75 Å². The lowest BCUT2D eigenvalue weighted by atomic mass is 10.2. The summed E-state index contributed by atoms with van der Waals surface area (Å²) in [4.78, 5) is 23.1. The lowest BCUT2D eigenvalue weighted by molar-refractivity contribution is -0.118. The molecule has 0 fully saturated rings. The predicted octanol–water partition coefficient (Wildman–Crippen LogP) is 3.28. The third-order valence-electron chi connectivity index (χ3n) is 3.02. The van der Waals surface area contributed by atoms with Crippen LogP contribution in [0.4, 0.5) is 5.69 Å². The minimum absolute atomic E-state index is 0.212. The Morgan fingerprint density at radius 1 is 1.30 bits per heavy atom. The van der Waals surface area contributed by atoms with E-state index in [4.69, 9.17) is 4.74 Å². The van der Waals surface area contributed by atoms with Gasteiger partial charge in [0.05, 0.1) is 23.0 Å². The standard InChI is InChI=1S/C15H10BrN3O3S/c16-10-4-5-13(9(6-10)7-20)22-8-14(21)17-11-2-1-3-12-15(11)19-23-18-12/h1-7H,8H2,(H,17,21). The zero-order valence-electron chi connectivity index (χ0n) is 11.7. The van der Waals surface area contributed by atoms with Crippen molar-refractivity contribution in [1.29, 1.82) is 0 Å². The third-order valence-corrected chi connectivity index (χ3v) is 4.05. The molecular weight excluding hydrogens is 382 g/mol. The number of hydrogen-bond acceptors (Lipinski definition) is 6. The van der Waals surface area contributed by atoms with E-state index in [1.54, 1.807) is 30.3 Å². The fourth-order valence-electron chi connectivity index (χ4n) is 1.98. The highest BCUT2D eigenvalue weighted by molar-refractivity contribution is 9.10. The molecule has 3 aromatic rings. The van der Waals surface area contributed by atoms with Crippen molar-refractivity contribution in [2.45, 2.75) is 0 Å². The molecule has 0 saturated heterocycles. The number of hydrogen-bond donors (Lipinski definition) is 1. The molecule has 1 aromatic heterocycles. The number of carbonyl (C=O) groups is 2. The van der Waals surface area contributed by atoms with E-state index in [1.165, 1.54) is 0 Å². The fourth-order valence-corrected chi connectivity index (χ4v) is 2.91. The Bertz CT molecular complexity index is 881. The second kappa shape index (κ2) is 6.84. The van der Waals surface area contributed by atoms with E-state index in [9.17, 15) is 9.59 Å². The molecule has 0 aliphatic heterocycles. The van der Waals surface area contributed by atoms with Crippen molar-refractivity contribution < 1.29 is 14.3 Å². The minimum Gasteiger partial charge on any atom is -0.483 e. The molecule has 0 atom stereocenters. The molecule has 1 heterocycles. The molecule has 0 radical (unpaired) electrons. The van der Waals surface area contributed by atoms with E-state index >= 15 is 0 Å². The summed E-state index contributed by atoms with van der Waals surface area (Å²) in [7, 11) is 0. The Kier molecular flexibility index (Phi) is 4.63. The number of ether oxygens (including phenoxy) is 1. The van der Waals surface area contributed by atoms with Crippen LogP contribution in [0.15, 0.2) is 40.9 Å². The topological polar surface area (TPSA) is 81.2 Å². The number of carbonyl (C=O) groups excluding carboxylic acids is 2. The first-order chi connectivity index (χ1) is 11.2. The van der Waals surface area contributed by atoms with Crippen LogP contribution in [-0.4, -0.2) is 27.5 Å². The molecule has 0 saturated carbocycles. The van der Waals surface area contributed by atoms with E-state index in [1.807, 2.05) is 6.07 Å². The van der Waals surface area contributed by atoms with Crippen LogP contribution in [0.25, 0.3) is 11.0 Å². The molecule has 23 heavy (non-hydrogen) atoms. The van der Waals surface area contributed by atoms with Gasteiger partial charge in [0.15, 0.2) is 12.9 Å². The molecule has 0 spiro atoms. The number of fused-ring (bicyclic) bond motifs is 1. The molecule has 0 unspecified atom stereocenters. The van der Waals surface area contributed by atoms with Crippen LogP contribution in [0.3, 0.4) is 0 Å². The molecule has 8 heteroatoms. The first-order valence-electron chi connectivity index (χ1n) is 6.56. The van der Waals surface area contributed by atoms with Gasteiger partial charge in [0.2, 0.25) is 0 Å². The van der Waals surface area contributed by atoms with Gasteiger partial charge in [-0.3, -0.25) is 9.59 Å². The molecular formula is C15H10BrN3O3S. The van der Waals surface area contributed by atoms with Crippen LogP contribution in [0, 0.1) is 0 Å². The summed E-state index contributed by atoms with van der Waals surface area (Å²) in [5.41, 5.74) is 2.32. The Balaban J connectivity index is 1.68. The molecule has 1 N–H and O–H groups in total. The summed E-state index contributed by atoms with van der Waals surface area (Å²) in [6.07, 6.45) is 0.680. The van der Waals surface area contributed by atoms with Crippen molar-refractivity contribution in [3.63, 3.8) is 0 Å². The van der Waals surface area contributed by atoms with Crippen molar-refractivity contribution in [2.75, 3.05) is 11.9 Å². The van der Waals surface area contributed by atoms with Gasteiger partial charge in [-0.05, 0) is 30.3 Å². The van der Waals surface area contributed by atoms with Crippen LogP contribution in [0.1, 0.15) is 10.4 Å². The Morgan fingerprint density at radius 2 is 2.17 bits per heavy atom. The monoisotopic (exact) mass is 391 g/mol. The zero-order chi connectivity index (χ0) is 16.2. The summed E-state index contributed by atoms with van der Waals surface area (Å²) in [5.74, 6) is 0.0113. The smallest absolute Gasteiger partial charge is 0.262 e. The Hall–Kier alpha value is -2.32. The average molecular weight is 392 g/mol. The number of benzene rings is 2. The van der Waals surface area contributed by atoms with Crippen molar-refractivity contribution in [2.24, 2.45) is 0 Å². The van der Waals surface area contributed by atoms with Crippen LogP contribution < -0.4 is 10.1 Å². The van der Waals surface area contributed by atoms with E-state index in [-0.39, 0.29) is 12.5 Å². The number of rotatable bonds is 5. The summed E-state index contributed by atoms with van der Waals surface area (Å²) in [6.45, 7) is -0.212. The normalized spacial score (nSPS) is 10.5. The van der Waals surface area contributed by atoms with E-state index in [0.717, 1.165) is 21.7 Å². The van der Waals surface area contributed by atoms with Crippen molar-refractivity contribution >= 4 is 56.6 Å². The van der Waals surface area contributed by atoms with Gasteiger partial charge in [-0.1, -0.05) is 22.0 Å². The van der Waals surface area contributed by atoms with Gasteiger partial charge in [0.1, 0.15) is 16.8 Å². The van der Waals surface area contributed by atoms with E-state index in [0.29, 0.717) is 28.8 Å².